The Balaban J connectivity index is 2.61. The van der Waals surface area contributed by atoms with Crippen LogP contribution in [0.25, 0.3) is 0 Å². The lowest BCUT2D eigenvalue weighted by Crippen LogP contribution is -2.25. The third-order valence-corrected chi connectivity index (χ3v) is 1.21. The van der Waals surface area contributed by atoms with Crippen molar-refractivity contribution in [3.05, 3.63) is 12.0 Å². The Kier molecular flexibility index (Phi) is 2.28. The van der Waals surface area contributed by atoms with Crippen molar-refractivity contribution in [2.75, 3.05) is 20.9 Å². The van der Waals surface area contributed by atoms with Crippen molar-refractivity contribution in [1.29, 1.82) is 0 Å². The van der Waals surface area contributed by atoms with Crippen LogP contribution in [-0.2, 0) is 9.57 Å². The number of hydrogen-bond acceptors (Lipinski definition) is 4. The van der Waals surface area contributed by atoms with Crippen LogP contribution in [0, 0.1) is 0 Å². The molecule has 0 bridgehead atoms. The predicted octanol–water partition coefficient (Wildman–Crippen LogP) is 0.379. The van der Waals surface area contributed by atoms with Crippen molar-refractivity contribution in [2.45, 2.75) is 0 Å². The van der Waals surface area contributed by atoms with Crippen LogP contribution < -0.4 is 0 Å². The molecule has 0 aliphatic carbocycles. The van der Waals surface area contributed by atoms with Gasteiger partial charge in [0.15, 0.2) is 0 Å². The number of nitrogens with zero attached hydrogens (tertiary/aromatic N) is 2. The number of rotatable bonds is 2. The second-order valence-electron chi connectivity index (χ2n) is 1.74. The zero-order valence-corrected chi connectivity index (χ0v) is 6.07. The van der Waals surface area contributed by atoms with Gasteiger partial charge in [0, 0.05) is 12.3 Å². The Hall–Kier alpha value is -1.03. The van der Waals surface area contributed by atoms with Crippen molar-refractivity contribution in [3.8, 4) is 0 Å². The van der Waals surface area contributed by atoms with Crippen LogP contribution in [-0.4, -0.2) is 32.2 Å². The highest BCUT2D eigenvalue weighted by molar-refractivity contribution is 5.72. The molecule has 0 radical (unpaired) electrons. The molecule has 0 aromatic rings. The normalized spacial score (nSPS) is 17.0. The summed E-state index contributed by atoms with van der Waals surface area (Å²) >= 11 is 0. The van der Waals surface area contributed by atoms with Crippen molar-refractivity contribution in [1.82, 2.24) is 5.06 Å². The van der Waals surface area contributed by atoms with E-state index in [-0.39, 0.29) is 0 Å². The summed E-state index contributed by atoms with van der Waals surface area (Å²) in [4.78, 5) is 8.87. The molecule has 0 saturated heterocycles. The monoisotopic (exact) mass is 142 g/mol. The number of hydrogen-bond donors (Lipinski definition) is 0. The average Bonchev–Trinajstić information content (AvgIpc) is 2.04. The largest absolute Gasteiger partial charge is 0.481 e. The van der Waals surface area contributed by atoms with E-state index in [9.17, 15) is 0 Å². The van der Waals surface area contributed by atoms with Gasteiger partial charge in [-0.15, -0.1) is 0 Å². The van der Waals surface area contributed by atoms with Crippen LogP contribution >= 0.6 is 0 Å². The van der Waals surface area contributed by atoms with Gasteiger partial charge in [-0.3, -0.25) is 9.83 Å². The highest BCUT2D eigenvalue weighted by atomic mass is 16.7. The van der Waals surface area contributed by atoms with E-state index in [1.807, 2.05) is 0 Å². The SMILES string of the molecule is COC1=CC=NCN1OC. The van der Waals surface area contributed by atoms with E-state index in [1.54, 1.807) is 31.6 Å². The minimum Gasteiger partial charge on any atom is -0.481 e. The Morgan fingerprint density at radius 2 is 2.40 bits per heavy atom. The maximum absolute atomic E-state index is 4.97. The van der Waals surface area contributed by atoms with Gasteiger partial charge < -0.3 is 4.74 Å². The van der Waals surface area contributed by atoms with Crippen LogP contribution in [0.5, 0.6) is 0 Å². The molecule has 0 atom stereocenters. The molecule has 1 rings (SSSR count). The molecule has 4 heteroatoms. The first-order chi connectivity index (χ1) is 4.88. The fourth-order valence-corrected chi connectivity index (χ4v) is 0.708. The van der Waals surface area contributed by atoms with E-state index in [1.165, 1.54) is 0 Å². The molecule has 1 aliphatic heterocycles. The zero-order valence-electron chi connectivity index (χ0n) is 6.07. The number of allylic oxidation sites excluding steroid dienone is 1. The summed E-state index contributed by atoms with van der Waals surface area (Å²) < 4.78 is 4.97. The predicted molar refractivity (Wildman–Crippen MR) is 37.3 cm³/mol. The smallest absolute Gasteiger partial charge is 0.216 e. The summed E-state index contributed by atoms with van der Waals surface area (Å²) in [5.41, 5.74) is 0. The van der Waals surface area contributed by atoms with Gasteiger partial charge in [0.1, 0.15) is 6.67 Å². The molecule has 10 heavy (non-hydrogen) atoms. The first-order valence-electron chi connectivity index (χ1n) is 2.94. The van der Waals surface area contributed by atoms with Crippen LogP contribution in [0.15, 0.2) is 17.0 Å². The molecule has 56 valence electrons. The van der Waals surface area contributed by atoms with Gasteiger partial charge in [0.25, 0.3) is 0 Å². The maximum atomic E-state index is 4.97. The highest BCUT2D eigenvalue weighted by Gasteiger charge is 2.09. The Morgan fingerprint density at radius 3 is 2.90 bits per heavy atom. The van der Waals surface area contributed by atoms with E-state index in [0.717, 1.165) is 0 Å². The molecular formula is C6H10N2O2. The molecule has 1 heterocycles. The molecule has 0 spiro atoms. The lowest BCUT2D eigenvalue weighted by Gasteiger charge is -2.22. The quantitative estimate of drug-likeness (QED) is 0.559. The lowest BCUT2D eigenvalue weighted by molar-refractivity contribution is -0.135. The Labute approximate surface area is 59.7 Å². The Bertz CT molecular complexity index is 165. The minimum absolute atomic E-state index is 0.496. The van der Waals surface area contributed by atoms with Gasteiger partial charge in [0.2, 0.25) is 5.88 Å². The fraction of sp³-hybridized carbons (Fsp3) is 0.500. The molecule has 0 saturated carbocycles. The standard InChI is InChI=1S/C6H10N2O2/c1-9-6-3-4-7-5-8(6)10-2/h3-4H,5H2,1-2H3. The molecule has 0 fully saturated rings. The van der Waals surface area contributed by atoms with E-state index in [0.29, 0.717) is 12.6 Å². The number of methoxy groups -OCH3 is 1. The van der Waals surface area contributed by atoms with Gasteiger partial charge in [-0.2, -0.15) is 0 Å². The van der Waals surface area contributed by atoms with E-state index in [4.69, 9.17) is 9.57 Å². The summed E-state index contributed by atoms with van der Waals surface area (Å²) in [5.74, 6) is 0.678. The van der Waals surface area contributed by atoms with Gasteiger partial charge in [-0.25, -0.2) is 5.06 Å². The second kappa shape index (κ2) is 3.22. The van der Waals surface area contributed by atoms with Gasteiger partial charge in [0.05, 0.1) is 14.2 Å². The van der Waals surface area contributed by atoms with Crippen LogP contribution in [0.3, 0.4) is 0 Å². The molecular weight excluding hydrogens is 132 g/mol. The molecule has 0 N–H and O–H groups in total. The van der Waals surface area contributed by atoms with Crippen molar-refractivity contribution < 1.29 is 9.57 Å². The molecule has 4 nitrogen and oxygen atoms in total. The molecule has 0 unspecified atom stereocenters. The summed E-state index contributed by atoms with van der Waals surface area (Å²) in [6, 6.07) is 0. The van der Waals surface area contributed by atoms with Crippen molar-refractivity contribution in [3.63, 3.8) is 0 Å². The zero-order chi connectivity index (χ0) is 7.40. The number of aliphatic imine (C=N–C) groups is 1. The molecule has 0 aromatic heterocycles. The topological polar surface area (TPSA) is 34.1 Å². The third kappa shape index (κ3) is 1.27. The van der Waals surface area contributed by atoms with Crippen LogP contribution in [0.4, 0.5) is 0 Å². The molecule has 1 aliphatic rings. The highest BCUT2D eigenvalue weighted by Crippen LogP contribution is 2.06. The van der Waals surface area contributed by atoms with E-state index in [2.05, 4.69) is 4.99 Å². The summed E-state index contributed by atoms with van der Waals surface area (Å²) in [6.45, 7) is 0.496. The fourth-order valence-electron chi connectivity index (χ4n) is 0.708. The van der Waals surface area contributed by atoms with Crippen LogP contribution in [0.2, 0.25) is 0 Å². The third-order valence-electron chi connectivity index (χ3n) is 1.21. The first-order valence-corrected chi connectivity index (χ1v) is 2.94. The number of ether oxygens (including phenoxy) is 1. The number of hydroxylamine groups is 2. The van der Waals surface area contributed by atoms with E-state index >= 15 is 0 Å². The summed E-state index contributed by atoms with van der Waals surface area (Å²) in [5, 5.41) is 1.56. The summed E-state index contributed by atoms with van der Waals surface area (Å²) in [6.07, 6.45) is 3.43. The van der Waals surface area contributed by atoms with Gasteiger partial charge in [-0.05, 0) is 0 Å². The molecule has 0 amide bonds. The van der Waals surface area contributed by atoms with E-state index < -0.39 is 0 Å². The van der Waals surface area contributed by atoms with Gasteiger partial charge in [-0.1, -0.05) is 0 Å². The lowest BCUT2D eigenvalue weighted by atomic mass is 10.5. The van der Waals surface area contributed by atoms with Crippen molar-refractivity contribution >= 4 is 6.21 Å². The maximum Gasteiger partial charge on any atom is 0.216 e. The van der Waals surface area contributed by atoms with Gasteiger partial charge >= 0.3 is 0 Å². The second-order valence-corrected chi connectivity index (χ2v) is 1.74. The minimum atomic E-state index is 0.496. The average molecular weight is 142 g/mol. The Morgan fingerprint density at radius 1 is 1.60 bits per heavy atom. The van der Waals surface area contributed by atoms with Crippen LogP contribution in [0.1, 0.15) is 0 Å². The first kappa shape index (κ1) is 7.08. The summed E-state index contributed by atoms with van der Waals surface area (Å²) in [7, 11) is 3.17. The molecule has 0 aromatic carbocycles. The van der Waals surface area contributed by atoms with Crippen molar-refractivity contribution in [2.24, 2.45) is 4.99 Å².